The molecule has 8 rings (SSSR count). The smallest absolute Gasteiger partial charge is 0.329 e. The Balaban J connectivity index is 1.16. The summed E-state index contributed by atoms with van der Waals surface area (Å²) in [5.41, 5.74) is 8.45. The number of imidazole rings is 1. The van der Waals surface area contributed by atoms with Crippen molar-refractivity contribution in [1.29, 1.82) is 5.26 Å². The number of nitriles is 1. The zero-order valence-corrected chi connectivity index (χ0v) is 27.0. The first kappa shape index (κ1) is 30.4. The summed E-state index contributed by atoms with van der Waals surface area (Å²) in [6.45, 7) is 4.83. The van der Waals surface area contributed by atoms with Crippen LogP contribution < -0.4 is 20.1 Å². The quantitative estimate of drug-likeness (QED) is 0.293. The SMILES string of the molecule is COc1c(-c2c(N)cccc2F)ccc2c(N3CCCN(C(=O)n4cnc(C#N)c4)CC3)nc(OCC34CCCN3CC3(CC3)C4)nc12. The van der Waals surface area contributed by atoms with Crippen molar-refractivity contribution in [2.24, 2.45) is 5.41 Å². The molecule has 4 aliphatic rings. The van der Waals surface area contributed by atoms with Crippen LogP contribution in [0.1, 0.15) is 44.2 Å². The molecule has 2 aromatic carbocycles. The van der Waals surface area contributed by atoms with E-state index in [-0.39, 0.29) is 28.8 Å². The molecule has 4 aromatic rings. The highest BCUT2D eigenvalue weighted by Crippen LogP contribution is 2.60. The maximum Gasteiger partial charge on any atom is 0.329 e. The van der Waals surface area contributed by atoms with Gasteiger partial charge in [0, 0.05) is 54.9 Å². The number of anilines is 2. The number of nitrogen functional groups attached to an aromatic ring is 1. The highest BCUT2D eigenvalue weighted by Gasteiger charge is 2.60. The van der Waals surface area contributed by atoms with Crippen LogP contribution >= 0.6 is 0 Å². The van der Waals surface area contributed by atoms with Crippen LogP contribution in [0.2, 0.25) is 0 Å². The lowest BCUT2D eigenvalue weighted by Crippen LogP contribution is -2.43. The van der Waals surface area contributed by atoms with E-state index in [1.165, 1.54) is 36.0 Å². The molecule has 3 saturated heterocycles. The minimum Gasteiger partial charge on any atom is -0.494 e. The number of methoxy groups -OCH3 is 1. The molecule has 1 spiro atoms. The fourth-order valence-corrected chi connectivity index (χ4v) is 8.16. The number of halogens is 1. The van der Waals surface area contributed by atoms with E-state index in [9.17, 15) is 4.79 Å². The van der Waals surface area contributed by atoms with Crippen LogP contribution in [0.3, 0.4) is 0 Å². The van der Waals surface area contributed by atoms with Crippen molar-refractivity contribution in [2.45, 2.75) is 44.1 Å². The van der Waals surface area contributed by atoms with Crippen molar-refractivity contribution in [3.8, 4) is 29.0 Å². The van der Waals surface area contributed by atoms with Crippen molar-refractivity contribution < 1.29 is 18.7 Å². The van der Waals surface area contributed by atoms with Crippen LogP contribution in [0.15, 0.2) is 42.9 Å². The van der Waals surface area contributed by atoms with Crippen molar-refractivity contribution >= 4 is 28.4 Å². The van der Waals surface area contributed by atoms with Crippen LogP contribution in [0.4, 0.5) is 20.7 Å². The second kappa shape index (κ2) is 11.6. The number of fused-ring (bicyclic) bond motifs is 2. The molecule has 248 valence electrons. The Bertz CT molecular complexity index is 1930. The van der Waals surface area contributed by atoms with Gasteiger partial charge in [-0.1, -0.05) is 6.07 Å². The Labute approximate surface area is 277 Å². The monoisotopic (exact) mass is 651 g/mol. The van der Waals surface area contributed by atoms with Crippen molar-refractivity contribution in [2.75, 3.05) is 63.6 Å². The number of hydrogen-bond donors (Lipinski definition) is 1. The molecule has 2 aromatic heterocycles. The number of nitrogens with two attached hydrogens (primary N) is 1. The molecular formula is C35H38FN9O3. The second-order valence-corrected chi connectivity index (χ2v) is 13.7. The number of amides is 1. The van der Waals surface area contributed by atoms with Gasteiger partial charge in [0.15, 0.2) is 11.4 Å². The number of carbonyl (C=O) groups is 1. The van der Waals surface area contributed by atoms with E-state index in [0.29, 0.717) is 73.0 Å². The van der Waals surface area contributed by atoms with E-state index in [4.69, 9.17) is 30.4 Å². The number of ether oxygens (including phenoxy) is 2. The number of rotatable bonds is 6. The van der Waals surface area contributed by atoms with E-state index in [1.807, 2.05) is 12.1 Å². The normalized spacial score (nSPS) is 21.7. The first-order valence-corrected chi connectivity index (χ1v) is 16.6. The highest BCUT2D eigenvalue weighted by atomic mass is 19.1. The van der Waals surface area contributed by atoms with Gasteiger partial charge in [0.1, 0.15) is 36.2 Å². The molecule has 4 fully saturated rings. The predicted molar refractivity (Wildman–Crippen MR) is 177 cm³/mol. The summed E-state index contributed by atoms with van der Waals surface area (Å²) in [6.07, 6.45) is 9.47. The minimum absolute atomic E-state index is 0.00919. The van der Waals surface area contributed by atoms with E-state index in [1.54, 1.807) is 30.2 Å². The molecule has 0 bridgehead atoms. The topological polar surface area (TPSA) is 139 Å². The second-order valence-electron chi connectivity index (χ2n) is 13.7. The van der Waals surface area contributed by atoms with Gasteiger partial charge in [0.05, 0.1) is 18.8 Å². The molecule has 48 heavy (non-hydrogen) atoms. The van der Waals surface area contributed by atoms with E-state index in [2.05, 4.69) is 14.8 Å². The fourth-order valence-electron chi connectivity index (χ4n) is 8.16. The summed E-state index contributed by atoms with van der Waals surface area (Å²) >= 11 is 0. The Kier molecular flexibility index (Phi) is 7.36. The lowest BCUT2D eigenvalue weighted by atomic mass is 9.89. The molecule has 2 N–H and O–H groups in total. The van der Waals surface area contributed by atoms with Crippen LogP contribution in [0, 0.1) is 22.6 Å². The van der Waals surface area contributed by atoms with Gasteiger partial charge in [-0.2, -0.15) is 15.2 Å². The number of benzene rings is 2. The van der Waals surface area contributed by atoms with Crippen LogP contribution in [0.25, 0.3) is 22.0 Å². The van der Waals surface area contributed by atoms with Gasteiger partial charge in [0.2, 0.25) is 0 Å². The Morgan fingerprint density at radius 1 is 1.08 bits per heavy atom. The van der Waals surface area contributed by atoms with Gasteiger partial charge in [-0.3, -0.25) is 9.47 Å². The standard InChI is InChI=1S/C35H38FN9O3/c1-47-30-24(28-26(36)5-2-6-27(28)38)7-8-25-29(30)40-32(48-21-35-9-3-14-45(35)20-34(19-35)10-11-34)41-31(25)42-12-4-13-43(16-15-42)33(46)44-18-23(17-37)39-22-44/h2,5-8,18,22H,3-4,9-16,19-21,38H2,1H3. The lowest BCUT2D eigenvalue weighted by Gasteiger charge is -2.31. The van der Waals surface area contributed by atoms with Gasteiger partial charge in [-0.25, -0.2) is 14.2 Å². The summed E-state index contributed by atoms with van der Waals surface area (Å²) < 4.78 is 29.1. The molecule has 5 heterocycles. The Morgan fingerprint density at radius 3 is 2.73 bits per heavy atom. The van der Waals surface area contributed by atoms with Crippen molar-refractivity contribution in [3.05, 3.63) is 54.4 Å². The highest BCUT2D eigenvalue weighted by molar-refractivity contribution is 6.00. The molecule has 13 heteroatoms. The van der Waals surface area contributed by atoms with Crippen LogP contribution in [-0.4, -0.2) is 93.9 Å². The molecule has 1 unspecified atom stereocenters. The first-order chi connectivity index (χ1) is 23.3. The summed E-state index contributed by atoms with van der Waals surface area (Å²) in [7, 11) is 1.55. The molecule has 3 aliphatic heterocycles. The maximum absolute atomic E-state index is 15.2. The van der Waals surface area contributed by atoms with Gasteiger partial charge in [-0.15, -0.1) is 0 Å². The number of hydrogen-bond acceptors (Lipinski definition) is 10. The van der Waals surface area contributed by atoms with Crippen LogP contribution in [0.5, 0.6) is 11.8 Å². The summed E-state index contributed by atoms with van der Waals surface area (Å²) in [6, 6.07) is 10.3. The van der Waals surface area contributed by atoms with Gasteiger partial charge >= 0.3 is 12.0 Å². The number of aromatic nitrogens is 4. The lowest BCUT2D eigenvalue weighted by molar-refractivity contribution is 0.107. The number of nitrogens with zero attached hydrogens (tertiary/aromatic N) is 8. The zero-order chi connectivity index (χ0) is 33.0. The van der Waals surface area contributed by atoms with E-state index in [0.717, 1.165) is 37.7 Å². The third-order valence-electron chi connectivity index (χ3n) is 10.7. The molecule has 12 nitrogen and oxygen atoms in total. The van der Waals surface area contributed by atoms with E-state index >= 15 is 4.39 Å². The largest absolute Gasteiger partial charge is 0.494 e. The van der Waals surface area contributed by atoms with E-state index < -0.39 is 5.82 Å². The van der Waals surface area contributed by atoms with Crippen LogP contribution in [-0.2, 0) is 0 Å². The molecule has 1 saturated carbocycles. The average molecular weight is 652 g/mol. The van der Waals surface area contributed by atoms with Gasteiger partial charge < -0.3 is 25.0 Å². The molecule has 0 radical (unpaired) electrons. The molecular weight excluding hydrogens is 613 g/mol. The first-order valence-electron chi connectivity index (χ1n) is 16.6. The number of carbonyl (C=O) groups excluding carboxylic acids is 1. The predicted octanol–water partition coefficient (Wildman–Crippen LogP) is 4.67. The third-order valence-corrected chi connectivity index (χ3v) is 10.7. The Morgan fingerprint density at radius 2 is 1.96 bits per heavy atom. The molecule has 1 atom stereocenters. The maximum atomic E-state index is 15.2. The molecule has 1 aliphatic carbocycles. The Hall–Kier alpha value is -4.96. The summed E-state index contributed by atoms with van der Waals surface area (Å²) in [4.78, 5) is 33.7. The van der Waals surface area contributed by atoms with Gasteiger partial charge in [-0.05, 0) is 74.8 Å². The zero-order valence-electron chi connectivity index (χ0n) is 27.0. The average Bonchev–Trinajstić information content (AvgIpc) is 3.42. The van der Waals surface area contributed by atoms with Gasteiger partial charge in [0.25, 0.3) is 0 Å². The fraction of sp³-hybridized carbons (Fsp3) is 0.457. The minimum atomic E-state index is -0.453. The summed E-state index contributed by atoms with van der Waals surface area (Å²) in [5, 5.41) is 9.88. The summed E-state index contributed by atoms with van der Waals surface area (Å²) in [5.74, 6) is 0.596. The third kappa shape index (κ3) is 5.15. The molecule has 1 amide bonds. The van der Waals surface area contributed by atoms with Crippen molar-refractivity contribution in [3.63, 3.8) is 0 Å². The van der Waals surface area contributed by atoms with Crippen molar-refractivity contribution in [1.82, 2.24) is 29.3 Å².